The SMILES string of the molecule is O=C(NS(=O)(=O)c1cccnc1)c1ccc2c(c1)OCCCO2. The number of pyridine rings is 1. The van der Waals surface area contributed by atoms with E-state index < -0.39 is 15.9 Å². The van der Waals surface area contributed by atoms with Crippen molar-refractivity contribution in [1.29, 1.82) is 0 Å². The lowest BCUT2D eigenvalue weighted by Crippen LogP contribution is -2.30. The van der Waals surface area contributed by atoms with Crippen molar-refractivity contribution < 1.29 is 22.7 Å². The molecule has 23 heavy (non-hydrogen) atoms. The highest BCUT2D eigenvalue weighted by Crippen LogP contribution is 2.30. The van der Waals surface area contributed by atoms with Crippen LogP contribution in [0.3, 0.4) is 0 Å². The number of carbonyl (C=O) groups excluding carboxylic acids is 1. The second-order valence-corrected chi connectivity index (χ2v) is 6.52. The van der Waals surface area contributed by atoms with Gasteiger partial charge in [0, 0.05) is 24.4 Å². The zero-order chi connectivity index (χ0) is 16.3. The molecule has 0 radical (unpaired) electrons. The molecule has 0 saturated carbocycles. The maximum absolute atomic E-state index is 12.2. The topological polar surface area (TPSA) is 94.6 Å². The number of hydrogen-bond acceptors (Lipinski definition) is 6. The number of rotatable bonds is 3. The highest BCUT2D eigenvalue weighted by molar-refractivity contribution is 7.90. The normalized spacial score (nSPS) is 13.9. The Balaban J connectivity index is 1.82. The molecule has 0 fully saturated rings. The molecule has 1 aliphatic rings. The van der Waals surface area contributed by atoms with Crippen LogP contribution in [-0.2, 0) is 10.0 Å². The number of nitrogens with zero attached hydrogens (tertiary/aromatic N) is 1. The molecule has 0 aliphatic carbocycles. The van der Waals surface area contributed by atoms with Crippen LogP contribution in [-0.4, -0.2) is 32.5 Å². The number of ether oxygens (including phenoxy) is 2. The molecule has 2 aromatic rings. The first-order chi connectivity index (χ1) is 11.1. The van der Waals surface area contributed by atoms with Gasteiger partial charge in [0.2, 0.25) is 0 Å². The maximum Gasteiger partial charge on any atom is 0.265 e. The van der Waals surface area contributed by atoms with Gasteiger partial charge in [0.1, 0.15) is 4.90 Å². The lowest BCUT2D eigenvalue weighted by Gasteiger charge is -2.10. The van der Waals surface area contributed by atoms with Crippen molar-refractivity contribution in [2.24, 2.45) is 0 Å². The number of amides is 1. The van der Waals surface area contributed by atoms with Gasteiger partial charge in [-0.3, -0.25) is 9.78 Å². The van der Waals surface area contributed by atoms with Gasteiger partial charge in [0.15, 0.2) is 11.5 Å². The molecule has 1 amide bonds. The van der Waals surface area contributed by atoms with E-state index in [-0.39, 0.29) is 10.5 Å². The number of hydrogen-bond donors (Lipinski definition) is 1. The smallest absolute Gasteiger partial charge is 0.265 e. The molecule has 1 N–H and O–H groups in total. The summed E-state index contributed by atoms with van der Waals surface area (Å²) in [6.45, 7) is 1.01. The molecule has 1 aromatic heterocycles. The van der Waals surface area contributed by atoms with Gasteiger partial charge < -0.3 is 9.47 Å². The summed E-state index contributed by atoms with van der Waals surface area (Å²) in [5.74, 6) is 0.215. The van der Waals surface area contributed by atoms with Crippen molar-refractivity contribution in [2.45, 2.75) is 11.3 Å². The number of aromatic nitrogens is 1. The quantitative estimate of drug-likeness (QED) is 0.911. The molecule has 0 unspecified atom stereocenters. The second-order valence-electron chi connectivity index (χ2n) is 4.84. The van der Waals surface area contributed by atoms with E-state index in [4.69, 9.17) is 9.47 Å². The largest absolute Gasteiger partial charge is 0.490 e. The van der Waals surface area contributed by atoms with Crippen molar-refractivity contribution in [3.05, 3.63) is 48.3 Å². The summed E-state index contributed by atoms with van der Waals surface area (Å²) in [5.41, 5.74) is 0.168. The fourth-order valence-corrected chi connectivity index (χ4v) is 2.99. The van der Waals surface area contributed by atoms with Crippen molar-refractivity contribution >= 4 is 15.9 Å². The van der Waals surface area contributed by atoms with Crippen LogP contribution in [0.15, 0.2) is 47.6 Å². The molecule has 1 aliphatic heterocycles. The lowest BCUT2D eigenvalue weighted by atomic mass is 10.2. The molecule has 7 nitrogen and oxygen atoms in total. The summed E-state index contributed by atoms with van der Waals surface area (Å²) in [6.07, 6.45) is 3.36. The second kappa shape index (κ2) is 6.25. The molecule has 3 rings (SSSR count). The van der Waals surface area contributed by atoms with Crippen LogP contribution in [0.1, 0.15) is 16.8 Å². The Morgan fingerprint density at radius 1 is 1.13 bits per heavy atom. The van der Waals surface area contributed by atoms with Crippen molar-refractivity contribution in [3.63, 3.8) is 0 Å². The van der Waals surface area contributed by atoms with E-state index in [0.29, 0.717) is 24.7 Å². The van der Waals surface area contributed by atoms with E-state index >= 15 is 0 Å². The van der Waals surface area contributed by atoms with Crippen LogP contribution in [0.4, 0.5) is 0 Å². The molecular formula is C15H14N2O5S. The summed E-state index contributed by atoms with van der Waals surface area (Å²) < 4.78 is 37.2. The molecule has 120 valence electrons. The van der Waals surface area contributed by atoms with Crippen LogP contribution < -0.4 is 14.2 Å². The zero-order valence-electron chi connectivity index (χ0n) is 12.1. The predicted molar refractivity (Wildman–Crippen MR) is 80.9 cm³/mol. The Morgan fingerprint density at radius 2 is 1.91 bits per heavy atom. The van der Waals surface area contributed by atoms with Gasteiger partial charge in [-0.15, -0.1) is 0 Å². The zero-order valence-corrected chi connectivity index (χ0v) is 12.9. The summed E-state index contributed by atoms with van der Waals surface area (Å²) >= 11 is 0. The van der Waals surface area contributed by atoms with Gasteiger partial charge in [0.25, 0.3) is 15.9 Å². The number of fused-ring (bicyclic) bond motifs is 1. The van der Waals surface area contributed by atoms with Gasteiger partial charge in [-0.2, -0.15) is 0 Å². The number of carbonyl (C=O) groups is 1. The van der Waals surface area contributed by atoms with Gasteiger partial charge in [0.05, 0.1) is 13.2 Å². The Hall–Kier alpha value is -2.61. The molecule has 0 bridgehead atoms. The Bertz CT molecular complexity index is 821. The average Bonchev–Trinajstić information content (AvgIpc) is 2.80. The molecule has 0 spiro atoms. The molecule has 8 heteroatoms. The van der Waals surface area contributed by atoms with Crippen molar-refractivity contribution in [3.8, 4) is 11.5 Å². The standard InChI is InChI=1S/C15H14N2O5S/c18-15(17-23(19,20)12-3-1-6-16-10-12)11-4-5-13-14(9-11)22-8-2-7-21-13/h1,3-6,9-10H,2,7-8H2,(H,17,18). The number of nitrogens with one attached hydrogen (secondary N) is 1. The fourth-order valence-electron chi connectivity index (χ4n) is 2.05. The number of benzene rings is 1. The van der Waals surface area contributed by atoms with Crippen molar-refractivity contribution in [1.82, 2.24) is 9.71 Å². The van der Waals surface area contributed by atoms with Crippen LogP contribution >= 0.6 is 0 Å². The van der Waals surface area contributed by atoms with Gasteiger partial charge in [-0.25, -0.2) is 13.1 Å². The third-order valence-corrected chi connectivity index (χ3v) is 4.50. The molecule has 2 heterocycles. The van der Waals surface area contributed by atoms with E-state index in [9.17, 15) is 13.2 Å². The van der Waals surface area contributed by atoms with Gasteiger partial charge in [-0.05, 0) is 30.3 Å². The van der Waals surface area contributed by atoms with Crippen LogP contribution in [0.5, 0.6) is 11.5 Å². The molecule has 0 saturated heterocycles. The molecule has 1 aromatic carbocycles. The highest BCUT2D eigenvalue weighted by Gasteiger charge is 2.20. The van der Waals surface area contributed by atoms with E-state index in [1.54, 1.807) is 6.07 Å². The van der Waals surface area contributed by atoms with E-state index in [2.05, 4.69) is 4.98 Å². The minimum Gasteiger partial charge on any atom is -0.490 e. The lowest BCUT2D eigenvalue weighted by molar-refractivity contribution is 0.0981. The first-order valence-corrected chi connectivity index (χ1v) is 8.41. The van der Waals surface area contributed by atoms with Gasteiger partial charge >= 0.3 is 0 Å². The van der Waals surface area contributed by atoms with E-state index in [1.165, 1.54) is 36.7 Å². The van der Waals surface area contributed by atoms with E-state index in [1.807, 2.05) is 4.72 Å². The first-order valence-electron chi connectivity index (χ1n) is 6.93. The number of sulfonamides is 1. The van der Waals surface area contributed by atoms with E-state index in [0.717, 1.165) is 6.42 Å². The minimum atomic E-state index is -3.97. The fraction of sp³-hybridized carbons (Fsp3) is 0.200. The summed E-state index contributed by atoms with van der Waals surface area (Å²) in [4.78, 5) is 15.8. The van der Waals surface area contributed by atoms with Crippen molar-refractivity contribution in [2.75, 3.05) is 13.2 Å². The summed E-state index contributed by atoms with van der Waals surface area (Å²) in [6, 6.07) is 7.38. The Labute approximate surface area is 133 Å². The third kappa shape index (κ3) is 3.42. The van der Waals surface area contributed by atoms with Crippen LogP contribution in [0.25, 0.3) is 0 Å². The van der Waals surface area contributed by atoms with Gasteiger partial charge in [-0.1, -0.05) is 0 Å². The first kappa shape index (κ1) is 15.3. The molecule has 0 atom stereocenters. The minimum absolute atomic E-state index is 0.0808. The summed E-state index contributed by atoms with van der Waals surface area (Å²) in [7, 11) is -3.97. The third-order valence-electron chi connectivity index (χ3n) is 3.18. The van der Waals surface area contributed by atoms with Crippen LogP contribution in [0, 0.1) is 0 Å². The Morgan fingerprint density at radius 3 is 2.65 bits per heavy atom. The Kier molecular flexibility index (Phi) is 4.16. The summed E-state index contributed by atoms with van der Waals surface area (Å²) in [5, 5.41) is 0. The van der Waals surface area contributed by atoms with Crippen LogP contribution in [0.2, 0.25) is 0 Å². The monoisotopic (exact) mass is 334 g/mol. The molecular weight excluding hydrogens is 320 g/mol. The highest BCUT2D eigenvalue weighted by atomic mass is 32.2. The average molecular weight is 334 g/mol. The maximum atomic E-state index is 12.2. The predicted octanol–water partition coefficient (Wildman–Crippen LogP) is 1.36.